The van der Waals surface area contributed by atoms with Crippen molar-refractivity contribution in [3.63, 3.8) is 0 Å². The van der Waals surface area contributed by atoms with Crippen LogP contribution < -0.4 is 5.73 Å². The van der Waals surface area contributed by atoms with Gasteiger partial charge in [0, 0.05) is 6.42 Å². The van der Waals surface area contributed by atoms with Crippen molar-refractivity contribution in [3.05, 3.63) is 12.2 Å². The average Bonchev–Trinajstić information content (AvgIpc) is 3.10. The summed E-state index contributed by atoms with van der Waals surface area (Å²) in [5.74, 6) is 6.21. The SMILES string of the molecule is CCCC#Cc1nc(N)c2ncn(C3OC(CO)C(O)C3O)c2n1. The first kappa shape index (κ1) is 16.6. The van der Waals surface area contributed by atoms with E-state index in [2.05, 4.69) is 26.8 Å². The summed E-state index contributed by atoms with van der Waals surface area (Å²) in [5.41, 5.74) is 6.60. The molecule has 3 heterocycles. The lowest BCUT2D eigenvalue weighted by Crippen LogP contribution is -2.33. The number of ether oxygens (including phenoxy) is 1. The molecule has 128 valence electrons. The van der Waals surface area contributed by atoms with Gasteiger partial charge in [0.2, 0.25) is 5.82 Å². The van der Waals surface area contributed by atoms with Crippen molar-refractivity contribution >= 4 is 17.0 Å². The van der Waals surface area contributed by atoms with Crippen LogP contribution in [-0.4, -0.2) is 59.8 Å². The monoisotopic (exact) mass is 333 g/mol. The summed E-state index contributed by atoms with van der Waals surface area (Å²) < 4.78 is 6.96. The Morgan fingerprint density at radius 1 is 1.33 bits per heavy atom. The minimum atomic E-state index is -1.23. The number of nitrogens with zero attached hydrogens (tertiary/aromatic N) is 4. The molecule has 0 bridgehead atoms. The van der Waals surface area contributed by atoms with Crippen molar-refractivity contribution in [3.8, 4) is 11.8 Å². The fourth-order valence-corrected chi connectivity index (χ4v) is 2.56. The molecule has 2 aromatic heterocycles. The van der Waals surface area contributed by atoms with Crippen molar-refractivity contribution in [2.45, 2.75) is 44.3 Å². The Kier molecular flexibility index (Phi) is 4.64. The molecule has 5 N–H and O–H groups in total. The number of anilines is 1. The van der Waals surface area contributed by atoms with E-state index < -0.39 is 31.1 Å². The summed E-state index contributed by atoms with van der Waals surface area (Å²) in [7, 11) is 0. The summed E-state index contributed by atoms with van der Waals surface area (Å²) >= 11 is 0. The van der Waals surface area contributed by atoms with Crippen molar-refractivity contribution in [2.75, 3.05) is 12.3 Å². The van der Waals surface area contributed by atoms with E-state index in [4.69, 9.17) is 10.5 Å². The van der Waals surface area contributed by atoms with Crippen LogP contribution in [-0.2, 0) is 4.74 Å². The van der Waals surface area contributed by atoms with Crippen molar-refractivity contribution in [2.24, 2.45) is 0 Å². The molecular formula is C15H19N5O4. The van der Waals surface area contributed by atoms with E-state index in [1.807, 2.05) is 6.92 Å². The van der Waals surface area contributed by atoms with Gasteiger partial charge in [-0.05, 0) is 12.3 Å². The minimum absolute atomic E-state index is 0.172. The number of aliphatic hydroxyl groups excluding tert-OH is 3. The zero-order chi connectivity index (χ0) is 17.3. The molecule has 4 atom stereocenters. The highest BCUT2D eigenvalue weighted by Gasteiger charge is 2.44. The molecule has 9 nitrogen and oxygen atoms in total. The van der Waals surface area contributed by atoms with Gasteiger partial charge in [-0.1, -0.05) is 12.8 Å². The van der Waals surface area contributed by atoms with Gasteiger partial charge >= 0.3 is 0 Å². The molecule has 0 aromatic carbocycles. The third kappa shape index (κ3) is 2.81. The Morgan fingerprint density at radius 3 is 2.79 bits per heavy atom. The highest BCUT2D eigenvalue weighted by molar-refractivity contribution is 5.82. The second-order valence-corrected chi connectivity index (χ2v) is 5.54. The third-order valence-corrected chi connectivity index (χ3v) is 3.81. The van der Waals surface area contributed by atoms with Crippen LogP contribution in [0.15, 0.2) is 6.33 Å². The molecule has 3 rings (SSSR count). The highest BCUT2D eigenvalue weighted by Crippen LogP contribution is 2.31. The van der Waals surface area contributed by atoms with Crippen molar-refractivity contribution < 1.29 is 20.1 Å². The molecule has 1 fully saturated rings. The Balaban J connectivity index is 2.02. The van der Waals surface area contributed by atoms with Gasteiger partial charge in [0.25, 0.3) is 0 Å². The van der Waals surface area contributed by atoms with E-state index >= 15 is 0 Å². The number of hydrogen-bond acceptors (Lipinski definition) is 8. The van der Waals surface area contributed by atoms with Gasteiger partial charge in [-0.3, -0.25) is 4.57 Å². The van der Waals surface area contributed by atoms with Gasteiger partial charge in [0.15, 0.2) is 17.7 Å². The fraction of sp³-hybridized carbons (Fsp3) is 0.533. The fourth-order valence-electron chi connectivity index (χ4n) is 2.56. The molecule has 0 spiro atoms. The normalized spacial score (nSPS) is 26.5. The largest absolute Gasteiger partial charge is 0.394 e. The highest BCUT2D eigenvalue weighted by atomic mass is 16.6. The molecule has 1 saturated heterocycles. The van der Waals surface area contributed by atoms with Crippen LogP contribution in [0.4, 0.5) is 5.82 Å². The van der Waals surface area contributed by atoms with Gasteiger partial charge in [0.1, 0.15) is 23.8 Å². The predicted molar refractivity (Wildman–Crippen MR) is 84.5 cm³/mol. The molecular weight excluding hydrogens is 314 g/mol. The lowest BCUT2D eigenvalue weighted by Gasteiger charge is -2.16. The van der Waals surface area contributed by atoms with Crippen LogP contribution in [0.25, 0.3) is 11.2 Å². The van der Waals surface area contributed by atoms with E-state index in [0.717, 1.165) is 12.8 Å². The molecule has 4 unspecified atom stereocenters. The molecule has 2 aromatic rings. The third-order valence-electron chi connectivity index (χ3n) is 3.81. The van der Waals surface area contributed by atoms with Crippen LogP contribution in [0, 0.1) is 11.8 Å². The maximum absolute atomic E-state index is 10.2. The lowest BCUT2D eigenvalue weighted by atomic mass is 10.1. The molecule has 1 aliphatic heterocycles. The Labute approximate surface area is 138 Å². The second-order valence-electron chi connectivity index (χ2n) is 5.54. The van der Waals surface area contributed by atoms with Crippen LogP contribution in [0.5, 0.6) is 0 Å². The Hall–Kier alpha value is -2.25. The zero-order valence-corrected chi connectivity index (χ0v) is 13.1. The van der Waals surface area contributed by atoms with Gasteiger partial charge in [0.05, 0.1) is 12.9 Å². The molecule has 0 saturated carbocycles. The van der Waals surface area contributed by atoms with E-state index in [1.165, 1.54) is 10.9 Å². The smallest absolute Gasteiger partial charge is 0.208 e. The number of hydrogen-bond donors (Lipinski definition) is 4. The molecule has 1 aliphatic rings. The van der Waals surface area contributed by atoms with Crippen molar-refractivity contribution in [1.82, 2.24) is 19.5 Å². The van der Waals surface area contributed by atoms with Crippen LogP contribution in [0.1, 0.15) is 31.8 Å². The molecule has 9 heteroatoms. The molecule has 0 radical (unpaired) electrons. The number of unbranched alkanes of at least 4 members (excludes halogenated alkanes) is 1. The number of rotatable bonds is 3. The molecule has 24 heavy (non-hydrogen) atoms. The molecule has 0 amide bonds. The van der Waals surface area contributed by atoms with Crippen LogP contribution >= 0.6 is 0 Å². The van der Waals surface area contributed by atoms with Gasteiger partial charge in [-0.15, -0.1) is 0 Å². The van der Waals surface area contributed by atoms with Gasteiger partial charge in [-0.25, -0.2) is 15.0 Å². The first-order chi connectivity index (χ1) is 11.6. The summed E-state index contributed by atoms with van der Waals surface area (Å²) in [6.45, 7) is 1.61. The number of nitrogens with two attached hydrogens (primary N) is 1. The number of imidazole rings is 1. The zero-order valence-electron chi connectivity index (χ0n) is 13.1. The number of aliphatic hydroxyl groups is 3. The second kappa shape index (κ2) is 6.70. The van der Waals surface area contributed by atoms with E-state index in [9.17, 15) is 15.3 Å². The maximum Gasteiger partial charge on any atom is 0.208 e. The van der Waals surface area contributed by atoms with Crippen LogP contribution in [0.2, 0.25) is 0 Å². The average molecular weight is 333 g/mol. The first-order valence-corrected chi connectivity index (χ1v) is 7.68. The first-order valence-electron chi connectivity index (χ1n) is 7.68. The van der Waals surface area contributed by atoms with Gasteiger partial charge in [-0.2, -0.15) is 0 Å². The summed E-state index contributed by atoms with van der Waals surface area (Å²) in [6, 6.07) is 0. The Morgan fingerprint density at radius 2 is 2.12 bits per heavy atom. The molecule has 0 aliphatic carbocycles. The summed E-state index contributed by atoms with van der Waals surface area (Å²) in [5, 5.41) is 29.3. The van der Waals surface area contributed by atoms with E-state index in [1.54, 1.807) is 0 Å². The van der Waals surface area contributed by atoms with Crippen molar-refractivity contribution in [1.29, 1.82) is 0 Å². The van der Waals surface area contributed by atoms with E-state index in [-0.39, 0.29) is 11.6 Å². The topological polar surface area (TPSA) is 140 Å². The maximum atomic E-state index is 10.2. The number of aromatic nitrogens is 4. The number of fused-ring (bicyclic) bond motifs is 1. The summed E-state index contributed by atoms with van der Waals surface area (Å²) in [6.07, 6.45) is -1.22. The Bertz CT molecular complexity index is 796. The lowest BCUT2D eigenvalue weighted by molar-refractivity contribution is -0.0511. The standard InChI is InChI=1S/C15H19N5O4/c1-2-3-4-5-9-18-13(16)10-14(19-9)20(7-17-10)15-12(23)11(22)8(6-21)24-15/h7-8,11-12,15,21-23H,2-3,6H2,1H3,(H2,16,18,19). The minimum Gasteiger partial charge on any atom is -0.394 e. The summed E-state index contributed by atoms with van der Waals surface area (Å²) in [4.78, 5) is 12.6. The predicted octanol–water partition coefficient (Wildman–Crippen LogP) is -0.828. The quantitative estimate of drug-likeness (QED) is 0.534. The van der Waals surface area contributed by atoms with Gasteiger partial charge < -0.3 is 25.8 Å². The number of nitrogen functional groups attached to an aromatic ring is 1. The van der Waals surface area contributed by atoms with Crippen LogP contribution in [0.3, 0.4) is 0 Å². The van der Waals surface area contributed by atoms with E-state index in [0.29, 0.717) is 11.2 Å².